The lowest BCUT2D eigenvalue weighted by Gasteiger charge is -2.16. The van der Waals surface area contributed by atoms with Crippen molar-refractivity contribution < 1.29 is 26.3 Å². The molecule has 0 saturated carbocycles. The van der Waals surface area contributed by atoms with Crippen molar-refractivity contribution in [3.63, 3.8) is 0 Å². The third kappa shape index (κ3) is 7.08. The molecule has 3 rings (SSSR count). The molecule has 3 aromatic rings. The van der Waals surface area contributed by atoms with Crippen LogP contribution in [0.2, 0.25) is 20.1 Å². The van der Waals surface area contributed by atoms with E-state index in [1.807, 2.05) is 0 Å². The van der Waals surface area contributed by atoms with Crippen molar-refractivity contribution in [3.05, 3.63) is 71.9 Å². The molecule has 0 saturated heterocycles. The Balaban J connectivity index is 2.01. The molecule has 20 heteroatoms. The summed E-state index contributed by atoms with van der Waals surface area (Å²) in [6, 6.07) is 5.66. The number of halogens is 10. The van der Waals surface area contributed by atoms with Crippen molar-refractivity contribution in [2.45, 2.75) is 17.2 Å². The number of anilines is 2. The van der Waals surface area contributed by atoms with Gasteiger partial charge in [-0.15, -0.1) is 0 Å². The molecule has 0 radical (unpaired) electrons. The Hall–Kier alpha value is -3.12. The molecule has 1 heterocycles. The van der Waals surface area contributed by atoms with Crippen molar-refractivity contribution in [1.29, 1.82) is 15.9 Å². The van der Waals surface area contributed by atoms with Crippen LogP contribution in [0.25, 0.3) is 5.69 Å². The average Bonchev–Trinajstić information content (AvgIpc) is 3.19. The number of nitrogens with one attached hydrogen (secondary N) is 2. The van der Waals surface area contributed by atoms with Crippen LogP contribution < -0.4 is 16.8 Å². The van der Waals surface area contributed by atoms with E-state index in [9.17, 15) is 36.9 Å². The second kappa shape index (κ2) is 12.6. The summed E-state index contributed by atoms with van der Waals surface area (Å²) in [6.07, 6.45) is -9.50. The molecule has 1 aromatic heterocycles. The number of nitrogen functional groups attached to an aromatic ring is 1. The molecular weight excluding hydrogens is 696 g/mol. The van der Waals surface area contributed by atoms with E-state index in [4.69, 9.17) is 63.3 Å². The summed E-state index contributed by atoms with van der Waals surface area (Å²) >= 11 is 24.0. The monoisotopic (exact) mass is 704 g/mol. The highest BCUT2D eigenvalue weighted by atomic mass is 35.5. The van der Waals surface area contributed by atoms with E-state index >= 15 is 0 Å². The molecule has 220 valence electrons. The predicted molar refractivity (Wildman–Crippen MR) is 151 cm³/mol. The summed E-state index contributed by atoms with van der Waals surface area (Å²) in [5.74, 6) is -0.725. The lowest BCUT2D eigenvalue weighted by molar-refractivity contribution is -0.138. The minimum Gasteiger partial charge on any atom is -0.384 e. The molecule has 0 aliphatic rings. The van der Waals surface area contributed by atoms with Crippen LogP contribution >= 0.6 is 68.0 Å². The van der Waals surface area contributed by atoms with E-state index in [0.717, 1.165) is 4.68 Å². The SMILES string of the molecule is N#CC(=N)/C(SSc1c(C#N)nn(-c2c(Cl)cc(C(F)(F)F)cc2Cl)c1N)=C(/N)Nc1c(Cl)cc(C(F)(F)F)cc1Cl. The van der Waals surface area contributed by atoms with Gasteiger partial charge in [0.2, 0.25) is 0 Å². The molecule has 0 unspecified atom stereocenters. The first-order valence-electron chi connectivity index (χ1n) is 10.4. The Morgan fingerprint density at radius 3 is 1.83 bits per heavy atom. The van der Waals surface area contributed by atoms with E-state index < -0.39 is 55.1 Å². The molecule has 0 aliphatic heterocycles. The van der Waals surface area contributed by atoms with Gasteiger partial charge in [0, 0.05) is 0 Å². The number of rotatable bonds is 7. The van der Waals surface area contributed by atoms with Crippen molar-refractivity contribution in [2.75, 3.05) is 11.1 Å². The van der Waals surface area contributed by atoms with Crippen LogP contribution in [0.1, 0.15) is 16.8 Å². The number of nitriles is 2. The average molecular weight is 706 g/mol. The number of nitrogens with two attached hydrogens (primary N) is 2. The van der Waals surface area contributed by atoms with Crippen LogP contribution in [-0.2, 0) is 12.4 Å². The third-order valence-electron chi connectivity index (χ3n) is 4.96. The number of hydrogen-bond acceptors (Lipinski definition) is 9. The van der Waals surface area contributed by atoms with Gasteiger partial charge in [0.05, 0.1) is 46.7 Å². The summed E-state index contributed by atoms with van der Waals surface area (Å²) in [4.78, 5) is -0.354. The van der Waals surface area contributed by atoms with Crippen LogP contribution in [0.15, 0.2) is 39.9 Å². The maximum absolute atomic E-state index is 13.1. The summed E-state index contributed by atoms with van der Waals surface area (Å²) in [7, 11) is 1.29. The van der Waals surface area contributed by atoms with Gasteiger partial charge >= 0.3 is 12.4 Å². The largest absolute Gasteiger partial charge is 0.416 e. The number of aromatic nitrogens is 2. The van der Waals surface area contributed by atoms with E-state index in [0.29, 0.717) is 45.9 Å². The van der Waals surface area contributed by atoms with Gasteiger partial charge in [0.15, 0.2) is 5.69 Å². The van der Waals surface area contributed by atoms with Gasteiger partial charge in [-0.25, -0.2) is 4.68 Å². The molecule has 6 N–H and O–H groups in total. The van der Waals surface area contributed by atoms with Crippen LogP contribution in [0.4, 0.5) is 37.8 Å². The first kappa shape index (κ1) is 33.4. The molecule has 2 aromatic carbocycles. The molecule has 0 fully saturated rings. The van der Waals surface area contributed by atoms with Gasteiger partial charge in [-0.2, -0.15) is 42.0 Å². The number of hydrogen-bond donors (Lipinski definition) is 4. The van der Waals surface area contributed by atoms with Crippen molar-refractivity contribution in [3.8, 4) is 17.8 Å². The van der Waals surface area contributed by atoms with Gasteiger partial charge in [0.1, 0.15) is 35.2 Å². The third-order valence-corrected chi connectivity index (χ3v) is 8.62. The number of benzene rings is 2. The Bertz CT molecular complexity index is 1660. The minimum absolute atomic E-state index is 0.0730. The first-order valence-corrected chi connectivity index (χ1v) is 14.1. The van der Waals surface area contributed by atoms with Crippen LogP contribution in [0, 0.1) is 28.1 Å². The van der Waals surface area contributed by atoms with Crippen molar-refractivity contribution >= 4 is 85.2 Å². The zero-order valence-electron chi connectivity index (χ0n) is 19.8. The maximum Gasteiger partial charge on any atom is 0.416 e. The first-order chi connectivity index (χ1) is 19.4. The van der Waals surface area contributed by atoms with Gasteiger partial charge in [-0.1, -0.05) is 46.4 Å². The molecule has 8 nitrogen and oxygen atoms in total. The Morgan fingerprint density at radius 2 is 1.40 bits per heavy atom. The second-order valence-electron chi connectivity index (χ2n) is 7.71. The summed E-state index contributed by atoms with van der Waals surface area (Å²) in [6.45, 7) is 0. The van der Waals surface area contributed by atoms with Crippen LogP contribution in [0.3, 0.4) is 0 Å². The van der Waals surface area contributed by atoms with Gasteiger partial charge in [0.25, 0.3) is 0 Å². The molecule has 0 amide bonds. The Morgan fingerprint density at radius 1 is 0.929 bits per heavy atom. The summed E-state index contributed by atoms with van der Waals surface area (Å²) < 4.78 is 79.4. The van der Waals surface area contributed by atoms with E-state index in [1.165, 1.54) is 0 Å². The predicted octanol–water partition coefficient (Wildman–Crippen LogP) is 8.50. The van der Waals surface area contributed by atoms with Crippen LogP contribution in [-0.4, -0.2) is 15.5 Å². The van der Waals surface area contributed by atoms with E-state index in [1.54, 1.807) is 12.1 Å². The Labute approximate surface area is 260 Å². The zero-order valence-corrected chi connectivity index (χ0v) is 24.5. The smallest absolute Gasteiger partial charge is 0.384 e. The van der Waals surface area contributed by atoms with E-state index in [-0.39, 0.29) is 32.7 Å². The highest BCUT2D eigenvalue weighted by Crippen LogP contribution is 2.46. The number of allylic oxidation sites excluding steroid dienone is 1. The summed E-state index contributed by atoms with van der Waals surface area (Å²) in [5.41, 5.74) is 8.29. The minimum atomic E-state index is -4.76. The molecule has 42 heavy (non-hydrogen) atoms. The number of alkyl halides is 6. The van der Waals surface area contributed by atoms with E-state index in [2.05, 4.69) is 10.4 Å². The molecule has 0 bridgehead atoms. The standard InChI is InChI=1S/C22H10Cl4F6N8S2/c23-9-1-7(21(27,28)29)2-10(24)15(9)38-19(36)17(13(35)5-33)41-42-18-14(6-34)39-40(20(18)37)16-11(25)3-8(4-12(16)26)22(30,31)32/h1-4,35,38H,36-37H2/b19-17+,35-13?. The van der Waals surface area contributed by atoms with Crippen molar-refractivity contribution in [2.24, 2.45) is 5.73 Å². The molecular formula is C22H10Cl4F6N8S2. The molecule has 0 atom stereocenters. The topological polar surface area (TPSA) is 153 Å². The quantitative estimate of drug-likeness (QED) is 0.108. The van der Waals surface area contributed by atoms with Gasteiger partial charge < -0.3 is 16.8 Å². The fraction of sp³-hybridized carbons (Fsp3) is 0.0909. The van der Waals surface area contributed by atoms with Gasteiger partial charge in [-0.3, -0.25) is 5.41 Å². The Kier molecular flexibility index (Phi) is 10.0. The van der Waals surface area contributed by atoms with Gasteiger partial charge in [-0.05, 0) is 45.9 Å². The van der Waals surface area contributed by atoms with Crippen molar-refractivity contribution in [1.82, 2.24) is 9.78 Å². The normalized spacial score (nSPS) is 12.4. The highest BCUT2D eigenvalue weighted by Gasteiger charge is 2.34. The lowest BCUT2D eigenvalue weighted by Crippen LogP contribution is -2.16. The maximum atomic E-state index is 13.1. The van der Waals surface area contributed by atoms with Crippen LogP contribution in [0.5, 0.6) is 0 Å². The fourth-order valence-corrected chi connectivity index (χ4v) is 6.59. The second-order valence-corrected chi connectivity index (χ2v) is 11.5. The zero-order chi connectivity index (χ0) is 31.7. The fourth-order valence-electron chi connectivity index (χ4n) is 3.08. The number of nitrogens with zero attached hydrogens (tertiary/aromatic N) is 4. The highest BCUT2D eigenvalue weighted by molar-refractivity contribution is 8.78. The summed E-state index contributed by atoms with van der Waals surface area (Å²) in [5, 5.41) is 31.4. The molecule has 0 aliphatic carbocycles. The lowest BCUT2D eigenvalue weighted by atomic mass is 10.2. The molecule has 0 spiro atoms.